The van der Waals surface area contributed by atoms with Gasteiger partial charge in [-0.15, -0.1) is 0 Å². The van der Waals surface area contributed by atoms with Gasteiger partial charge in [0, 0.05) is 31.6 Å². The lowest BCUT2D eigenvalue weighted by molar-refractivity contribution is -0.142. The first-order valence-electron chi connectivity index (χ1n) is 10.2. The second kappa shape index (κ2) is 7.81. The van der Waals surface area contributed by atoms with Crippen LogP contribution in [0.4, 0.5) is 0 Å². The Hall–Kier alpha value is -1.96. The highest BCUT2D eigenvalue weighted by atomic mass is 16.3. The number of aliphatic hydroxyl groups excluding tert-OH is 1. The number of aromatic amines is 1. The Morgan fingerprint density at radius 3 is 2.93 bits per heavy atom. The number of imidazole rings is 1. The van der Waals surface area contributed by atoms with Gasteiger partial charge in [0.05, 0.1) is 30.2 Å². The van der Waals surface area contributed by atoms with E-state index >= 15 is 0 Å². The van der Waals surface area contributed by atoms with Crippen LogP contribution in [0.3, 0.4) is 0 Å². The van der Waals surface area contributed by atoms with Gasteiger partial charge in [-0.2, -0.15) is 0 Å². The molecule has 1 spiro atoms. The maximum Gasteiger partial charge on any atom is 0.236 e. The highest BCUT2D eigenvalue weighted by Gasteiger charge is 2.46. The summed E-state index contributed by atoms with van der Waals surface area (Å²) in [5.74, 6) is 1.12. The highest BCUT2D eigenvalue weighted by molar-refractivity contribution is 5.78. The molecule has 152 valence electrons. The number of aromatic nitrogens is 2. The van der Waals surface area contributed by atoms with Gasteiger partial charge >= 0.3 is 0 Å². The zero-order chi connectivity index (χ0) is 19.7. The first kappa shape index (κ1) is 19.4. The second-order valence-electron chi connectivity index (χ2n) is 8.73. The lowest BCUT2D eigenvalue weighted by Gasteiger charge is -2.51. The molecule has 7 nitrogen and oxygen atoms in total. The molecular formula is C21H31N5O2. The molecule has 2 aliphatic rings. The molecule has 3 heterocycles. The summed E-state index contributed by atoms with van der Waals surface area (Å²) in [7, 11) is 3.84. The number of hydrogen-bond donors (Lipinski definition) is 2. The first-order chi connectivity index (χ1) is 13.4. The fourth-order valence-electron chi connectivity index (χ4n) is 4.81. The molecule has 2 fully saturated rings. The van der Waals surface area contributed by atoms with Crippen molar-refractivity contribution in [2.75, 3.05) is 46.8 Å². The number of amides is 1. The van der Waals surface area contributed by atoms with E-state index in [9.17, 15) is 9.90 Å². The number of rotatable bonds is 4. The predicted octanol–water partition coefficient (Wildman–Crippen LogP) is 1.30. The van der Waals surface area contributed by atoms with Crippen molar-refractivity contribution in [1.29, 1.82) is 0 Å². The van der Waals surface area contributed by atoms with Crippen molar-refractivity contribution < 1.29 is 9.90 Å². The summed E-state index contributed by atoms with van der Waals surface area (Å²) in [5, 5.41) is 10.9. The fourth-order valence-corrected chi connectivity index (χ4v) is 4.81. The van der Waals surface area contributed by atoms with Gasteiger partial charge in [-0.05, 0) is 45.5 Å². The number of nitrogens with zero attached hydrogens (tertiary/aromatic N) is 4. The number of H-pyrrole nitrogens is 1. The van der Waals surface area contributed by atoms with Crippen molar-refractivity contribution in [3.63, 3.8) is 0 Å². The number of benzene rings is 1. The predicted molar refractivity (Wildman–Crippen MR) is 109 cm³/mol. The SMILES string of the molecule is CN(C)CC(=O)N1CCC[C@@]2(CN(Cc3nc4ccccc4[nH]3)CC[C@H]2O)C1. The first-order valence-corrected chi connectivity index (χ1v) is 10.2. The van der Waals surface area contributed by atoms with Crippen LogP contribution in [0.2, 0.25) is 0 Å². The van der Waals surface area contributed by atoms with E-state index < -0.39 is 0 Å². The number of piperidine rings is 2. The van der Waals surface area contributed by atoms with Crippen LogP contribution in [0.5, 0.6) is 0 Å². The van der Waals surface area contributed by atoms with E-state index in [0.29, 0.717) is 13.1 Å². The summed E-state index contributed by atoms with van der Waals surface area (Å²) in [6.45, 7) is 4.27. The van der Waals surface area contributed by atoms with Gasteiger partial charge in [-0.1, -0.05) is 12.1 Å². The Morgan fingerprint density at radius 1 is 1.32 bits per heavy atom. The van der Waals surface area contributed by atoms with Crippen LogP contribution in [0, 0.1) is 5.41 Å². The summed E-state index contributed by atoms with van der Waals surface area (Å²) in [4.78, 5) is 26.9. The Bertz CT molecular complexity index is 802. The Balaban J connectivity index is 1.47. The third-order valence-electron chi connectivity index (χ3n) is 6.19. The van der Waals surface area contributed by atoms with E-state index in [4.69, 9.17) is 4.98 Å². The molecule has 2 N–H and O–H groups in total. The minimum atomic E-state index is -0.352. The van der Waals surface area contributed by atoms with Crippen molar-refractivity contribution in [2.24, 2.45) is 5.41 Å². The molecule has 2 aliphatic heterocycles. The lowest BCUT2D eigenvalue weighted by Crippen LogP contribution is -2.60. The number of likely N-dealkylation sites (N-methyl/N-ethyl adjacent to an activating group) is 1. The minimum absolute atomic E-state index is 0.158. The molecule has 1 aromatic carbocycles. The zero-order valence-corrected chi connectivity index (χ0v) is 16.9. The van der Waals surface area contributed by atoms with Gasteiger partial charge in [0.2, 0.25) is 5.91 Å². The smallest absolute Gasteiger partial charge is 0.236 e. The fraction of sp³-hybridized carbons (Fsp3) is 0.619. The lowest BCUT2D eigenvalue weighted by atomic mass is 9.71. The Kier molecular flexibility index (Phi) is 5.40. The number of likely N-dealkylation sites (tertiary alicyclic amines) is 2. The van der Waals surface area contributed by atoms with E-state index in [2.05, 4.69) is 9.88 Å². The van der Waals surface area contributed by atoms with E-state index in [0.717, 1.165) is 62.3 Å². The van der Waals surface area contributed by atoms with E-state index in [1.807, 2.05) is 48.2 Å². The molecule has 0 bridgehead atoms. The monoisotopic (exact) mass is 385 g/mol. The molecule has 2 saturated heterocycles. The van der Waals surface area contributed by atoms with Crippen molar-refractivity contribution in [3.05, 3.63) is 30.1 Å². The molecule has 0 unspecified atom stereocenters. The quantitative estimate of drug-likeness (QED) is 0.830. The molecule has 0 saturated carbocycles. The number of carbonyl (C=O) groups is 1. The summed E-state index contributed by atoms with van der Waals surface area (Å²) in [5.41, 5.74) is 1.81. The van der Waals surface area contributed by atoms with Crippen molar-refractivity contribution in [2.45, 2.75) is 31.9 Å². The summed E-state index contributed by atoms with van der Waals surface area (Å²) < 4.78 is 0. The van der Waals surface area contributed by atoms with E-state index in [-0.39, 0.29) is 17.4 Å². The average molecular weight is 386 g/mol. The molecule has 0 radical (unpaired) electrons. The highest BCUT2D eigenvalue weighted by Crippen LogP contribution is 2.39. The molecule has 4 rings (SSSR count). The number of nitrogens with one attached hydrogen (secondary N) is 1. The van der Waals surface area contributed by atoms with Gasteiger partial charge in [0.1, 0.15) is 5.82 Å². The van der Waals surface area contributed by atoms with Crippen LogP contribution in [0.1, 0.15) is 25.1 Å². The normalized spacial score (nSPS) is 26.4. The summed E-state index contributed by atoms with van der Waals surface area (Å²) >= 11 is 0. The Labute approximate surface area is 166 Å². The summed E-state index contributed by atoms with van der Waals surface area (Å²) in [6.07, 6.45) is 2.32. The van der Waals surface area contributed by atoms with Crippen molar-refractivity contribution >= 4 is 16.9 Å². The largest absolute Gasteiger partial charge is 0.392 e. The average Bonchev–Trinajstić information content (AvgIpc) is 3.07. The topological polar surface area (TPSA) is 75.7 Å². The molecule has 1 aromatic heterocycles. The van der Waals surface area contributed by atoms with Crippen LogP contribution in [-0.4, -0.2) is 88.6 Å². The van der Waals surface area contributed by atoms with Crippen LogP contribution in [-0.2, 0) is 11.3 Å². The maximum absolute atomic E-state index is 12.6. The number of aliphatic hydroxyl groups is 1. The Morgan fingerprint density at radius 2 is 2.14 bits per heavy atom. The second-order valence-corrected chi connectivity index (χ2v) is 8.73. The molecule has 28 heavy (non-hydrogen) atoms. The van der Waals surface area contributed by atoms with Gasteiger partial charge in [-0.25, -0.2) is 4.98 Å². The maximum atomic E-state index is 12.6. The van der Waals surface area contributed by atoms with Crippen LogP contribution in [0.15, 0.2) is 24.3 Å². The van der Waals surface area contributed by atoms with Gasteiger partial charge in [0.25, 0.3) is 0 Å². The van der Waals surface area contributed by atoms with Gasteiger partial charge < -0.3 is 19.9 Å². The van der Waals surface area contributed by atoms with Crippen LogP contribution in [0.25, 0.3) is 11.0 Å². The van der Waals surface area contributed by atoms with E-state index in [1.165, 1.54) is 0 Å². The van der Waals surface area contributed by atoms with Gasteiger partial charge in [0.15, 0.2) is 0 Å². The van der Waals surface area contributed by atoms with Crippen molar-refractivity contribution in [1.82, 2.24) is 24.7 Å². The number of fused-ring (bicyclic) bond motifs is 1. The van der Waals surface area contributed by atoms with Crippen molar-refractivity contribution in [3.8, 4) is 0 Å². The number of hydrogen-bond acceptors (Lipinski definition) is 5. The molecule has 7 heteroatoms. The molecule has 2 atom stereocenters. The molecule has 0 aliphatic carbocycles. The molecular weight excluding hydrogens is 354 g/mol. The third kappa shape index (κ3) is 3.92. The third-order valence-corrected chi connectivity index (χ3v) is 6.19. The number of para-hydroxylation sites is 2. The minimum Gasteiger partial charge on any atom is -0.392 e. The van der Waals surface area contributed by atoms with E-state index in [1.54, 1.807) is 0 Å². The zero-order valence-electron chi connectivity index (χ0n) is 16.9. The van der Waals surface area contributed by atoms with Crippen LogP contribution < -0.4 is 0 Å². The van der Waals surface area contributed by atoms with Crippen LogP contribution >= 0.6 is 0 Å². The summed E-state index contributed by atoms with van der Waals surface area (Å²) in [6, 6.07) is 8.08. The molecule has 1 amide bonds. The number of carbonyl (C=O) groups excluding carboxylic acids is 1. The standard InChI is InChI=1S/C21H31N5O2/c1-24(2)13-20(28)26-10-5-9-21(15-26)14-25(11-8-18(21)27)12-19-22-16-6-3-4-7-17(16)23-19/h3-4,6-7,18,27H,5,8-15H2,1-2H3,(H,22,23)/t18-,21-/m1/s1. The van der Waals surface area contributed by atoms with Gasteiger partial charge in [-0.3, -0.25) is 9.69 Å². The molecule has 2 aromatic rings.